The smallest absolute Gasteiger partial charge is 0.0499 e. The van der Waals surface area contributed by atoms with Crippen molar-refractivity contribution in [2.75, 3.05) is 13.2 Å². The van der Waals surface area contributed by atoms with Crippen LogP contribution in [0.5, 0.6) is 0 Å². The molecule has 0 aromatic rings. The highest BCUT2D eigenvalue weighted by atomic mass is 16.3. The third kappa shape index (κ3) is 3.46. The van der Waals surface area contributed by atoms with Gasteiger partial charge in [-0.05, 0) is 38.5 Å². The van der Waals surface area contributed by atoms with Crippen LogP contribution < -0.4 is 5.32 Å². The van der Waals surface area contributed by atoms with E-state index < -0.39 is 0 Å². The first-order chi connectivity index (χ1) is 7.74. The monoisotopic (exact) mass is 225 g/mol. The lowest BCUT2D eigenvalue weighted by Gasteiger charge is -2.19. The molecule has 2 nitrogen and oxygen atoms in total. The molecule has 2 N–H and O–H groups in total. The molecular weight excluding hydrogens is 198 g/mol. The van der Waals surface area contributed by atoms with E-state index in [0.717, 1.165) is 12.5 Å². The van der Waals surface area contributed by atoms with Crippen LogP contribution in [0.4, 0.5) is 0 Å². The van der Waals surface area contributed by atoms with Crippen molar-refractivity contribution in [1.82, 2.24) is 5.32 Å². The van der Waals surface area contributed by atoms with Crippen molar-refractivity contribution >= 4 is 0 Å². The zero-order valence-electron chi connectivity index (χ0n) is 10.7. The number of aliphatic hydroxyl groups is 1. The fraction of sp³-hybridized carbons (Fsp3) is 1.00. The van der Waals surface area contributed by atoms with Gasteiger partial charge in [-0.1, -0.05) is 25.7 Å². The Bertz CT molecular complexity index is 207. The summed E-state index contributed by atoms with van der Waals surface area (Å²) in [6.45, 7) is 3.69. The van der Waals surface area contributed by atoms with Crippen LogP contribution in [0.25, 0.3) is 0 Å². The Kier molecular flexibility index (Phi) is 4.26. The molecule has 2 aliphatic carbocycles. The van der Waals surface area contributed by atoms with E-state index in [0.29, 0.717) is 12.6 Å². The van der Waals surface area contributed by atoms with Gasteiger partial charge in [0.1, 0.15) is 0 Å². The first-order valence-corrected chi connectivity index (χ1v) is 7.08. The van der Waals surface area contributed by atoms with Gasteiger partial charge in [-0.2, -0.15) is 0 Å². The van der Waals surface area contributed by atoms with Crippen LogP contribution in [0.2, 0.25) is 0 Å². The molecule has 2 heteroatoms. The Morgan fingerprint density at radius 2 is 2.00 bits per heavy atom. The van der Waals surface area contributed by atoms with Crippen LogP contribution in [0.1, 0.15) is 58.3 Å². The van der Waals surface area contributed by atoms with Gasteiger partial charge in [-0.25, -0.2) is 0 Å². The molecular formula is C14H27NO. The lowest BCUT2D eigenvalue weighted by atomic mass is 9.98. The summed E-state index contributed by atoms with van der Waals surface area (Å²) in [4.78, 5) is 0. The van der Waals surface area contributed by atoms with Crippen LogP contribution in [0.15, 0.2) is 0 Å². The molecule has 1 atom stereocenters. The maximum absolute atomic E-state index is 9.23. The van der Waals surface area contributed by atoms with Crippen molar-refractivity contribution < 1.29 is 5.11 Å². The number of aliphatic hydroxyl groups excluding tert-OH is 1. The minimum Gasteiger partial charge on any atom is -0.396 e. The van der Waals surface area contributed by atoms with Gasteiger partial charge in [-0.3, -0.25) is 0 Å². The molecule has 0 saturated heterocycles. The first-order valence-electron chi connectivity index (χ1n) is 7.08. The third-order valence-corrected chi connectivity index (χ3v) is 4.60. The Morgan fingerprint density at radius 1 is 1.31 bits per heavy atom. The Balaban J connectivity index is 1.55. The number of rotatable bonds is 7. The summed E-state index contributed by atoms with van der Waals surface area (Å²) in [5, 5.41) is 12.8. The molecule has 0 spiro atoms. The first kappa shape index (κ1) is 12.4. The average molecular weight is 225 g/mol. The largest absolute Gasteiger partial charge is 0.396 e. The standard InChI is InChI=1S/C14H27NO/c1-12(6-7-13-4-2-3-5-13)15-10-14(11-16)8-9-14/h12-13,15-16H,2-11H2,1H3. The third-order valence-electron chi connectivity index (χ3n) is 4.60. The van der Waals surface area contributed by atoms with E-state index in [9.17, 15) is 5.11 Å². The van der Waals surface area contributed by atoms with E-state index >= 15 is 0 Å². The van der Waals surface area contributed by atoms with Gasteiger partial charge in [0, 0.05) is 24.6 Å². The van der Waals surface area contributed by atoms with Crippen molar-refractivity contribution in [2.24, 2.45) is 11.3 Å². The second kappa shape index (κ2) is 5.50. The molecule has 0 bridgehead atoms. The van der Waals surface area contributed by atoms with Gasteiger partial charge in [-0.15, -0.1) is 0 Å². The predicted molar refractivity (Wildman–Crippen MR) is 67.4 cm³/mol. The molecule has 2 fully saturated rings. The average Bonchev–Trinajstić information content (AvgIpc) is 2.90. The molecule has 0 aliphatic heterocycles. The maximum atomic E-state index is 9.23. The number of hydrogen-bond acceptors (Lipinski definition) is 2. The molecule has 0 aromatic carbocycles. The van der Waals surface area contributed by atoms with E-state index in [2.05, 4.69) is 12.2 Å². The topological polar surface area (TPSA) is 32.3 Å². The molecule has 0 aromatic heterocycles. The summed E-state index contributed by atoms with van der Waals surface area (Å²) >= 11 is 0. The van der Waals surface area contributed by atoms with Gasteiger partial charge < -0.3 is 10.4 Å². The molecule has 0 amide bonds. The summed E-state index contributed by atoms with van der Waals surface area (Å²) < 4.78 is 0. The van der Waals surface area contributed by atoms with Crippen molar-refractivity contribution in [3.63, 3.8) is 0 Å². The van der Waals surface area contributed by atoms with Crippen LogP contribution in [-0.2, 0) is 0 Å². The van der Waals surface area contributed by atoms with Crippen molar-refractivity contribution in [3.05, 3.63) is 0 Å². The van der Waals surface area contributed by atoms with Gasteiger partial charge in [0.05, 0.1) is 0 Å². The second-order valence-corrected chi connectivity index (χ2v) is 6.17. The second-order valence-electron chi connectivity index (χ2n) is 6.17. The van der Waals surface area contributed by atoms with E-state index in [-0.39, 0.29) is 5.41 Å². The lowest BCUT2D eigenvalue weighted by Crippen LogP contribution is -2.33. The van der Waals surface area contributed by atoms with E-state index in [1.165, 1.54) is 51.4 Å². The van der Waals surface area contributed by atoms with Crippen molar-refractivity contribution in [3.8, 4) is 0 Å². The van der Waals surface area contributed by atoms with Crippen LogP contribution in [0.3, 0.4) is 0 Å². The number of nitrogens with one attached hydrogen (secondary N) is 1. The van der Waals surface area contributed by atoms with Crippen LogP contribution >= 0.6 is 0 Å². The van der Waals surface area contributed by atoms with Crippen LogP contribution in [0, 0.1) is 11.3 Å². The van der Waals surface area contributed by atoms with Gasteiger partial charge in [0.25, 0.3) is 0 Å². The molecule has 2 saturated carbocycles. The number of hydrogen-bond donors (Lipinski definition) is 2. The van der Waals surface area contributed by atoms with Crippen LogP contribution in [-0.4, -0.2) is 24.3 Å². The lowest BCUT2D eigenvalue weighted by molar-refractivity contribution is 0.203. The predicted octanol–water partition coefficient (Wildman–Crippen LogP) is 2.71. The van der Waals surface area contributed by atoms with Gasteiger partial charge in [0.2, 0.25) is 0 Å². The SMILES string of the molecule is CC(CCC1CCCC1)NCC1(CO)CC1. The molecule has 1 unspecified atom stereocenters. The Labute approximate surface area is 99.8 Å². The molecule has 16 heavy (non-hydrogen) atoms. The highest BCUT2D eigenvalue weighted by Gasteiger charge is 2.41. The summed E-state index contributed by atoms with van der Waals surface area (Å²) in [5.74, 6) is 1.01. The van der Waals surface area contributed by atoms with E-state index in [1.54, 1.807) is 0 Å². The Hall–Kier alpha value is -0.0800. The normalized spacial score (nSPS) is 25.9. The zero-order valence-corrected chi connectivity index (χ0v) is 10.7. The molecule has 0 heterocycles. The summed E-state index contributed by atoms with van der Waals surface area (Å²) in [7, 11) is 0. The van der Waals surface area contributed by atoms with Crippen molar-refractivity contribution in [2.45, 2.75) is 64.3 Å². The van der Waals surface area contributed by atoms with Gasteiger partial charge >= 0.3 is 0 Å². The molecule has 94 valence electrons. The van der Waals surface area contributed by atoms with E-state index in [4.69, 9.17) is 0 Å². The minimum atomic E-state index is 0.265. The maximum Gasteiger partial charge on any atom is 0.0499 e. The zero-order chi connectivity index (χ0) is 11.4. The highest BCUT2D eigenvalue weighted by Crippen LogP contribution is 2.44. The Morgan fingerprint density at radius 3 is 2.56 bits per heavy atom. The summed E-state index contributed by atoms with van der Waals surface area (Å²) in [5.41, 5.74) is 0.265. The molecule has 0 radical (unpaired) electrons. The van der Waals surface area contributed by atoms with E-state index in [1.807, 2.05) is 0 Å². The van der Waals surface area contributed by atoms with Crippen molar-refractivity contribution in [1.29, 1.82) is 0 Å². The molecule has 2 rings (SSSR count). The highest BCUT2D eigenvalue weighted by molar-refractivity contribution is 4.94. The summed E-state index contributed by atoms with van der Waals surface area (Å²) in [6.07, 6.45) is 11.0. The fourth-order valence-corrected chi connectivity index (χ4v) is 2.85. The quantitative estimate of drug-likeness (QED) is 0.698. The fourth-order valence-electron chi connectivity index (χ4n) is 2.85. The minimum absolute atomic E-state index is 0.265. The van der Waals surface area contributed by atoms with Gasteiger partial charge in [0.15, 0.2) is 0 Å². The molecule has 2 aliphatic rings. The summed E-state index contributed by atoms with van der Waals surface area (Å²) in [6, 6.07) is 0.629.